The number of phenolic OH excluding ortho intramolecular Hbond substituents is 1. The normalized spacial score (nSPS) is 11.3. The van der Waals surface area contributed by atoms with Gasteiger partial charge in [0.05, 0.1) is 31.9 Å². The van der Waals surface area contributed by atoms with Crippen LogP contribution in [0.25, 0.3) is 0 Å². The summed E-state index contributed by atoms with van der Waals surface area (Å²) in [6, 6.07) is 10.5. The van der Waals surface area contributed by atoms with Gasteiger partial charge in [0.25, 0.3) is 5.91 Å². The number of phenols is 1. The van der Waals surface area contributed by atoms with Crippen molar-refractivity contribution in [3.05, 3.63) is 65.4 Å². The quantitative estimate of drug-likeness (QED) is 0.302. The Morgan fingerprint density at radius 1 is 1.14 bits per heavy atom. The fourth-order valence-electron chi connectivity index (χ4n) is 3.18. The van der Waals surface area contributed by atoms with Crippen LogP contribution in [0, 0.1) is 0 Å². The number of aliphatic hydroxyl groups is 1. The maximum atomic E-state index is 13.0. The van der Waals surface area contributed by atoms with E-state index < -0.39 is 17.6 Å². The Morgan fingerprint density at radius 2 is 1.89 bits per heavy atom. The number of nitrogens with one attached hydrogen (secondary N) is 2. The van der Waals surface area contributed by atoms with Crippen molar-refractivity contribution in [2.24, 2.45) is 0 Å². The molecule has 0 aliphatic rings. The maximum Gasteiger partial charge on any atom is 0.416 e. The Bertz CT molecular complexity index is 1130. The van der Waals surface area contributed by atoms with Crippen molar-refractivity contribution >= 4 is 11.7 Å². The zero-order chi connectivity index (χ0) is 25.4. The lowest BCUT2D eigenvalue weighted by Crippen LogP contribution is -2.30. The number of aliphatic hydroxyl groups excluding tert-OH is 1. The van der Waals surface area contributed by atoms with Crippen molar-refractivity contribution < 1.29 is 37.7 Å². The van der Waals surface area contributed by atoms with Gasteiger partial charge in [-0.15, -0.1) is 0 Å². The number of nitrogens with zero attached hydrogens (tertiary/aromatic N) is 2. The Kier molecular flexibility index (Phi) is 8.55. The van der Waals surface area contributed by atoms with Crippen molar-refractivity contribution in [1.29, 1.82) is 0 Å². The number of carbonyl (C=O) groups is 1. The number of hydrogen-bond acceptors (Lipinski definition) is 7. The summed E-state index contributed by atoms with van der Waals surface area (Å²) in [7, 11) is 1.56. The zero-order valence-corrected chi connectivity index (χ0v) is 18.8. The van der Waals surface area contributed by atoms with Crippen LogP contribution in [0.4, 0.5) is 19.0 Å². The summed E-state index contributed by atoms with van der Waals surface area (Å²) < 4.78 is 51.3. The molecule has 3 rings (SSSR count). The molecule has 1 heterocycles. The van der Waals surface area contributed by atoms with E-state index in [4.69, 9.17) is 14.6 Å². The van der Waals surface area contributed by atoms with Crippen LogP contribution in [-0.4, -0.2) is 59.1 Å². The average molecular weight is 494 g/mol. The van der Waals surface area contributed by atoms with Crippen LogP contribution >= 0.6 is 0 Å². The van der Waals surface area contributed by atoms with Gasteiger partial charge in [0.2, 0.25) is 0 Å². The Balaban J connectivity index is 1.94. The number of carbonyl (C=O) groups excluding carboxylic acids is 1. The minimum Gasteiger partial charge on any atom is -0.508 e. The number of rotatable bonds is 11. The number of aromatic nitrogens is 2. The molecule has 4 N–H and O–H groups in total. The van der Waals surface area contributed by atoms with Crippen LogP contribution in [0.5, 0.6) is 17.5 Å². The second-order valence-corrected chi connectivity index (χ2v) is 7.31. The molecular weight excluding hydrogens is 469 g/mol. The highest BCUT2D eigenvalue weighted by molar-refractivity contribution is 5.97. The summed E-state index contributed by atoms with van der Waals surface area (Å²) >= 11 is 0. The first-order valence-corrected chi connectivity index (χ1v) is 10.6. The van der Waals surface area contributed by atoms with Gasteiger partial charge in [-0.2, -0.15) is 18.2 Å². The number of anilines is 1. The molecule has 0 unspecified atom stereocenters. The van der Waals surface area contributed by atoms with Crippen molar-refractivity contribution in [1.82, 2.24) is 14.9 Å². The van der Waals surface area contributed by atoms with Gasteiger partial charge < -0.3 is 30.3 Å². The Morgan fingerprint density at radius 3 is 2.51 bits per heavy atom. The summed E-state index contributed by atoms with van der Waals surface area (Å²) in [6.07, 6.45) is -4.47. The molecule has 0 saturated heterocycles. The van der Waals surface area contributed by atoms with E-state index in [-0.39, 0.29) is 61.9 Å². The third-order valence-electron chi connectivity index (χ3n) is 4.80. The molecule has 0 atom stereocenters. The fourth-order valence-corrected chi connectivity index (χ4v) is 3.18. The number of benzene rings is 2. The molecule has 0 fully saturated rings. The third kappa shape index (κ3) is 6.87. The second kappa shape index (κ2) is 11.6. The predicted molar refractivity (Wildman–Crippen MR) is 121 cm³/mol. The number of alkyl halides is 3. The van der Waals surface area contributed by atoms with Crippen LogP contribution in [-0.2, 0) is 17.5 Å². The lowest BCUT2D eigenvalue weighted by molar-refractivity contribution is -0.137. The van der Waals surface area contributed by atoms with Gasteiger partial charge in [-0.05, 0) is 29.8 Å². The zero-order valence-electron chi connectivity index (χ0n) is 18.8. The molecule has 0 radical (unpaired) electrons. The van der Waals surface area contributed by atoms with Crippen LogP contribution in [0.15, 0.2) is 48.5 Å². The van der Waals surface area contributed by atoms with E-state index in [1.807, 2.05) is 0 Å². The smallest absolute Gasteiger partial charge is 0.416 e. The van der Waals surface area contributed by atoms with E-state index in [1.54, 1.807) is 19.2 Å². The van der Waals surface area contributed by atoms with Crippen LogP contribution in [0.2, 0.25) is 0 Å². The van der Waals surface area contributed by atoms with Crippen molar-refractivity contribution in [3.63, 3.8) is 0 Å². The van der Waals surface area contributed by atoms with Gasteiger partial charge in [-0.1, -0.05) is 18.2 Å². The van der Waals surface area contributed by atoms with E-state index in [0.29, 0.717) is 5.56 Å². The lowest BCUT2D eigenvalue weighted by atomic mass is 10.1. The lowest BCUT2D eigenvalue weighted by Gasteiger charge is -2.14. The van der Waals surface area contributed by atoms with E-state index in [2.05, 4.69) is 15.6 Å². The topological polar surface area (TPSA) is 118 Å². The van der Waals surface area contributed by atoms with Gasteiger partial charge in [0, 0.05) is 19.7 Å². The molecule has 35 heavy (non-hydrogen) atoms. The largest absolute Gasteiger partial charge is 0.508 e. The summed E-state index contributed by atoms with van der Waals surface area (Å²) in [4.78, 5) is 17.3. The number of halogens is 3. The maximum absolute atomic E-state index is 13.0. The Hall–Kier alpha value is -3.77. The molecule has 0 aliphatic carbocycles. The molecule has 188 valence electrons. The highest BCUT2D eigenvalue weighted by Crippen LogP contribution is 2.31. The third-order valence-corrected chi connectivity index (χ3v) is 4.80. The molecule has 2 aromatic carbocycles. The highest BCUT2D eigenvalue weighted by atomic mass is 19.4. The highest BCUT2D eigenvalue weighted by Gasteiger charge is 2.30. The molecule has 1 amide bonds. The van der Waals surface area contributed by atoms with Crippen LogP contribution in [0.1, 0.15) is 21.6 Å². The van der Waals surface area contributed by atoms with Crippen molar-refractivity contribution in [2.45, 2.75) is 12.7 Å². The average Bonchev–Trinajstić information content (AvgIpc) is 3.15. The van der Waals surface area contributed by atoms with E-state index in [9.17, 15) is 23.1 Å². The van der Waals surface area contributed by atoms with Gasteiger partial charge in [0.15, 0.2) is 11.5 Å². The molecule has 0 saturated carbocycles. The molecule has 0 aliphatic heterocycles. The number of hydrogen-bond donors (Lipinski definition) is 4. The number of amides is 1. The number of imidazole rings is 1. The minimum absolute atomic E-state index is 0.0125. The summed E-state index contributed by atoms with van der Waals surface area (Å²) in [5, 5.41) is 24.0. The van der Waals surface area contributed by atoms with Gasteiger partial charge in [-0.3, -0.25) is 9.36 Å². The molecule has 12 heteroatoms. The first-order chi connectivity index (χ1) is 16.7. The summed E-state index contributed by atoms with van der Waals surface area (Å²) in [5.74, 6) is -0.137. The molecular formula is C23H25F3N4O5. The number of ether oxygens (including phenoxy) is 2. The summed E-state index contributed by atoms with van der Waals surface area (Å²) in [6.45, 7) is 0.278. The SMILES string of the molecule is CNc1nc(Oc2cccc(O)c2)n(Cc2ccc(C(F)(F)F)cc2)c1C(=O)NCCOCCO. The van der Waals surface area contributed by atoms with Crippen LogP contribution < -0.4 is 15.4 Å². The molecule has 1 aromatic heterocycles. The fraction of sp³-hybridized carbons (Fsp3) is 0.304. The molecule has 0 spiro atoms. The van der Waals surface area contributed by atoms with E-state index >= 15 is 0 Å². The monoisotopic (exact) mass is 494 g/mol. The molecule has 0 bridgehead atoms. The van der Waals surface area contributed by atoms with E-state index in [1.165, 1.54) is 28.8 Å². The van der Waals surface area contributed by atoms with Gasteiger partial charge >= 0.3 is 12.2 Å². The standard InChI is InChI=1S/C23H25F3N4O5/c1-27-20-19(21(33)28-9-11-34-12-10-31)30(14-15-5-7-16(8-6-15)23(24,25)26)22(29-20)35-18-4-2-3-17(32)13-18/h2-8,13,27,31-32H,9-12,14H2,1H3,(H,28,33). The van der Waals surface area contributed by atoms with Crippen molar-refractivity contribution in [2.75, 3.05) is 38.7 Å². The first-order valence-electron chi connectivity index (χ1n) is 10.6. The van der Waals surface area contributed by atoms with Gasteiger partial charge in [-0.25, -0.2) is 0 Å². The minimum atomic E-state index is -4.47. The van der Waals surface area contributed by atoms with Crippen molar-refractivity contribution in [3.8, 4) is 17.5 Å². The van der Waals surface area contributed by atoms with Gasteiger partial charge in [0.1, 0.15) is 11.5 Å². The predicted octanol–water partition coefficient (Wildman–Crippen LogP) is 3.23. The number of aromatic hydroxyl groups is 1. The molecule has 9 nitrogen and oxygen atoms in total. The second-order valence-electron chi connectivity index (χ2n) is 7.31. The van der Waals surface area contributed by atoms with E-state index in [0.717, 1.165) is 12.1 Å². The summed E-state index contributed by atoms with van der Waals surface area (Å²) in [5.41, 5.74) is -0.233. The Labute approximate surface area is 199 Å². The van der Waals surface area contributed by atoms with Crippen LogP contribution in [0.3, 0.4) is 0 Å². The first kappa shape index (κ1) is 25.8. The molecule has 3 aromatic rings.